The topological polar surface area (TPSA) is 84.2 Å². The van der Waals surface area contributed by atoms with Crippen molar-refractivity contribution in [1.82, 2.24) is 10.6 Å². The van der Waals surface area contributed by atoms with E-state index in [1.165, 1.54) is 6.42 Å². The van der Waals surface area contributed by atoms with Crippen molar-refractivity contribution in [3.05, 3.63) is 71.8 Å². The lowest BCUT2D eigenvalue weighted by atomic mass is 9.70. The standard InChI is InChI=1S/C28H39N3O2/c1-19(2)23-15-14-20(3)16-24(23)27(32)30-18-26(22-12-8-5-9-13-22)31-28(33)25(29)17-21-10-6-4-7-11-21/h4-13,19-20,23-26H,14-18,29H2,1-3H3,(H,30,32)(H,31,33)/t20-,23+,24-,25+,26+/m1/s1. The zero-order chi connectivity index (χ0) is 23.8. The zero-order valence-corrected chi connectivity index (χ0v) is 20.2. The molecule has 0 heterocycles. The fourth-order valence-corrected chi connectivity index (χ4v) is 5.01. The van der Waals surface area contributed by atoms with Crippen molar-refractivity contribution in [2.45, 2.75) is 58.5 Å². The van der Waals surface area contributed by atoms with Crippen molar-refractivity contribution in [3.63, 3.8) is 0 Å². The summed E-state index contributed by atoms with van der Waals surface area (Å²) < 4.78 is 0. The maximum absolute atomic E-state index is 13.2. The molecule has 0 saturated heterocycles. The van der Waals surface area contributed by atoms with Gasteiger partial charge in [-0.05, 0) is 48.1 Å². The second kappa shape index (κ2) is 12.0. The van der Waals surface area contributed by atoms with E-state index < -0.39 is 6.04 Å². The quantitative estimate of drug-likeness (QED) is 0.535. The molecule has 3 rings (SSSR count). The van der Waals surface area contributed by atoms with Crippen molar-refractivity contribution in [1.29, 1.82) is 0 Å². The first-order valence-electron chi connectivity index (χ1n) is 12.3. The first kappa shape index (κ1) is 25.0. The van der Waals surface area contributed by atoms with Crippen molar-refractivity contribution in [2.24, 2.45) is 29.4 Å². The Morgan fingerprint density at radius 3 is 2.27 bits per heavy atom. The Balaban J connectivity index is 1.66. The highest BCUT2D eigenvalue weighted by Gasteiger charge is 2.35. The minimum absolute atomic E-state index is 0.0289. The van der Waals surface area contributed by atoms with Crippen LogP contribution in [0.1, 0.15) is 57.2 Å². The van der Waals surface area contributed by atoms with Crippen LogP contribution in [0.3, 0.4) is 0 Å². The molecule has 0 radical (unpaired) electrons. The third kappa shape index (κ3) is 7.16. The monoisotopic (exact) mass is 449 g/mol. The van der Waals surface area contributed by atoms with E-state index >= 15 is 0 Å². The van der Waals surface area contributed by atoms with E-state index in [4.69, 9.17) is 5.73 Å². The van der Waals surface area contributed by atoms with Gasteiger partial charge in [-0.15, -0.1) is 0 Å². The molecule has 33 heavy (non-hydrogen) atoms. The van der Waals surface area contributed by atoms with Gasteiger partial charge in [0.05, 0.1) is 12.1 Å². The van der Waals surface area contributed by atoms with Gasteiger partial charge in [0, 0.05) is 12.5 Å². The minimum atomic E-state index is -0.654. The molecule has 2 amide bonds. The van der Waals surface area contributed by atoms with E-state index in [-0.39, 0.29) is 23.8 Å². The number of carbonyl (C=O) groups excluding carboxylic acids is 2. The van der Waals surface area contributed by atoms with Gasteiger partial charge in [0.15, 0.2) is 0 Å². The molecule has 0 unspecified atom stereocenters. The lowest BCUT2D eigenvalue weighted by Crippen LogP contribution is -2.47. The van der Waals surface area contributed by atoms with Crippen molar-refractivity contribution < 1.29 is 9.59 Å². The van der Waals surface area contributed by atoms with Crippen molar-refractivity contribution in [2.75, 3.05) is 6.54 Å². The predicted octanol–water partition coefficient (Wildman–Crippen LogP) is 4.24. The van der Waals surface area contributed by atoms with E-state index in [9.17, 15) is 9.59 Å². The van der Waals surface area contributed by atoms with E-state index in [0.29, 0.717) is 30.7 Å². The molecule has 178 valence electrons. The van der Waals surface area contributed by atoms with Gasteiger partial charge in [-0.25, -0.2) is 0 Å². The predicted molar refractivity (Wildman–Crippen MR) is 133 cm³/mol. The molecule has 5 atom stereocenters. The van der Waals surface area contributed by atoms with Gasteiger partial charge in [-0.2, -0.15) is 0 Å². The second-order valence-electron chi connectivity index (χ2n) is 9.95. The molecular weight excluding hydrogens is 410 g/mol. The Hall–Kier alpha value is -2.66. The van der Waals surface area contributed by atoms with Gasteiger partial charge in [-0.3, -0.25) is 9.59 Å². The molecule has 5 nitrogen and oxygen atoms in total. The summed E-state index contributed by atoms with van der Waals surface area (Å²) in [7, 11) is 0. The lowest BCUT2D eigenvalue weighted by Gasteiger charge is -2.36. The first-order chi connectivity index (χ1) is 15.8. The van der Waals surface area contributed by atoms with Crippen LogP contribution in [0.2, 0.25) is 0 Å². The Bertz CT molecular complexity index is 885. The van der Waals surface area contributed by atoms with E-state index in [2.05, 4.69) is 31.4 Å². The third-order valence-electron chi connectivity index (χ3n) is 6.99. The number of nitrogens with two attached hydrogens (primary N) is 1. The molecule has 2 aromatic carbocycles. The molecule has 2 aromatic rings. The van der Waals surface area contributed by atoms with Gasteiger partial charge < -0.3 is 16.4 Å². The summed E-state index contributed by atoms with van der Waals surface area (Å²) in [6.07, 6.45) is 3.69. The fraction of sp³-hybridized carbons (Fsp3) is 0.500. The number of benzene rings is 2. The van der Waals surface area contributed by atoms with Gasteiger partial charge in [0.25, 0.3) is 0 Å². The highest BCUT2D eigenvalue weighted by Crippen LogP contribution is 2.38. The lowest BCUT2D eigenvalue weighted by molar-refractivity contribution is -0.130. The molecule has 4 N–H and O–H groups in total. The summed E-state index contributed by atoms with van der Waals surface area (Å²) in [6, 6.07) is 18.6. The van der Waals surface area contributed by atoms with E-state index in [1.54, 1.807) is 0 Å². The number of amides is 2. The van der Waals surface area contributed by atoms with Crippen LogP contribution in [0, 0.1) is 23.7 Å². The molecule has 1 fully saturated rings. The zero-order valence-electron chi connectivity index (χ0n) is 20.2. The average molecular weight is 450 g/mol. The van der Waals surface area contributed by atoms with Crippen molar-refractivity contribution in [3.8, 4) is 0 Å². The number of nitrogens with one attached hydrogen (secondary N) is 2. The van der Waals surface area contributed by atoms with Crippen LogP contribution >= 0.6 is 0 Å². The maximum Gasteiger partial charge on any atom is 0.237 e. The molecule has 0 bridgehead atoms. The van der Waals surface area contributed by atoms with Gasteiger partial charge in [0.1, 0.15) is 0 Å². The van der Waals surface area contributed by atoms with Crippen LogP contribution in [0.25, 0.3) is 0 Å². The van der Waals surface area contributed by atoms with Crippen LogP contribution in [0.5, 0.6) is 0 Å². The van der Waals surface area contributed by atoms with Gasteiger partial charge in [0.2, 0.25) is 11.8 Å². The van der Waals surface area contributed by atoms with E-state index in [1.807, 2.05) is 60.7 Å². The Kier molecular flexibility index (Phi) is 9.07. The van der Waals surface area contributed by atoms with Crippen LogP contribution in [-0.4, -0.2) is 24.4 Å². The van der Waals surface area contributed by atoms with Crippen LogP contribution in [0.4, 0.5) is 0 Å². The number of hydrogen-bond donors (Lipinski definition) is 3. The maximum atomic E-state index is 13.2. The molecule has 1 aliphatic rings. The molecular formula is C28H39N3O2. The van der Waals surface area contributed by atoms with Crippen LogP contribution in [0.15, 0.2) is 60.7 Å². The normalized spacial score (nSPS) is 22.4. The molecule has 1 aliphatic carbocycles. The Morgan fingerprint density at radius 2 is 1.64 bits per heavy atom. The number of rotatable bonds is 9. The summed E-state index contributed by atoms with van der Waals surface area (Å²) in [5.41, 5.74) is 8.19. The summed E-state index contributed by atoms with van der Waals surface area (Å²) in [5, 5.41) is 6.23. The summed E-state index contributed by atoms with van der Waals surface area (Å²) in [5.74, 6) is 1.37. The fourth-order valence-electron chi connectivity index (χ4n) is 5.01. The first-order valence-corrected chi connectivity index (χ1v) is 12.3. The van der Waals surface area contributed by atoms with Crippen molar-refractivity contribution >= 4 is 11.8 Å². The summed E-state index contributed by atoms with van der Waals surface area (Å²) in [6.45, 7) is 7.00. The van der Waals surface area contributed by atoms with Crippen LogP contribution < -0.4 is 16.4 Å². The third-order valence-corrected chi connectivity index (χ3v) is 6.99. The van der Waals surface area contributed by atoms with Gasteiger partial charge in [-0.1, -0.05) is 87.9 Å². The molecule has 0 aliphatic heterocycles. The Morgan fingerprint density at radius 1 is 1.00 bits per heavy atom. The molecule has 0 aromatic heterocycles. The average Bonchev–Trinajstić information content (AvgIpc) is 2.82. The van der Waals surface area contributed by atoms with E-state index in [0.717, 1.165) is 24.0 Å². The Labute approximate surface area is 198 Å². The highest BCUT2D eigenvalue weighted by atomic mass is 16.2. The van der Waals surface area contributed by atoms with Gasteiger partial charge >= 0.3 is 0 Å². The van der Waals surface area contributed by atoms with Crippen LogP contribution in [-0.2, 0) is 16.0 Å². The summed E-state index contributed by atoms with van der Waals surface area (Å²) >= 11 is 0. The summed E-state index contributed by atoms with van der Waals surface area (Å²) in [4.78, 5) is 26.1. The number of carbonyl (C=O) groups is 2. The minimum Gasteiger partial charge on any atom is -0.353 e. The largest absolute Gasteiger partial charge is 0.353 e. The smallest absolute Gasteiger partial charge is 0.237 e. The highest BCUT2D eigenvalue weighted by molar-refractivity contribution is 5.82. The molecule has 0 spiro atoms. The SMILES string of the molecule is CC(C)[C@@H]1CC[C@@H](C)C[C@H]1C(=O)NC[C@H](NC(=O)[C@@H](N)Cc1ccccc1)c1ccccc1. The second-order valence-corrected chi connectivity index (χ2v) is 9.95. The number of hydrogen-bond acceptors (Lipinski definition) is 3. The molecule has 5 heteroatoms. The molecule has 1 saturated carbocycles.